The maximum Gasteiger partial charge on any atom is 0.356 e. The SMILES string of the molecule is CCOC(=O)c1[nH]c2ccc(OC)cc2c1NC(=O)C[NH+]1CCC2(CC1)OCCO2. The molecular formula is C21H28N3O6+. The molecule has 9 heteroatoms. The molecule has 4 rings (SSSR count). The Morgan fingerprint density at radius 1 is 1.23 bits per heavy atom. The van der Waals surface area contributed by atoms with Gasteiger partial charge in [-0.15, -0.1) is 0 Å². The van der Waals surface area contributed by atoms with Crippen LogP contribution in [0.1, 0.15) is 30.3 Å². The van der Waals surface area contributed by atoms with Crippen LogP contribution in [0.5, 0.6) is 5.75 Å². The van der Waals surface area contributed by atoms with E-state index in [1.807, 2.05) is 6.07 Å². The molecule has 0 saturated carbocycles. The standard InChI is InChI=1S/C21H27N3O6/c1-3-28-20(26)19-18(15-12-14(27-2)4-5-16(15)22-19)23-17(25)13-24-8-6-21(7-9-24)29-10-11-30-21/h4-5,12,22H,3,6-11,13H2,1-2H3,(H,23,25)/p+1. The molecule has 9 nitrogen and oxygen atoms in total. The number of piperidine rings is 1. The van der Waals surface area contributed by atoms with Crippen molar-refractivity contribution in [2.24, 2.45) is 0 Å². The smallest absolute Gasteiger partial charge is 0.356 e. The Bertz CT molecular complexity index is 924. The van der Waals surface area contributed by atoms with E-state index in [9.17, 15) is 9.59 Å². The number of benzene rings is 1. The average Bonchev–Trinajstić information content (AvgIpc) is 3.35. The highest BCUT2D eigenvalue weighted by Gasteiger charge is 2.42. The van der Waals surface area contributed by atoms with Gasteiger partial charge in [0.25, 0.3) is 5.91 Å². The molecule has 0 bridgehead atoms. The van der Waals surface area contributed by atoms with Gasteiger partial charge in [0.05, 0.1) is 58.5 Å². The molecule has 0 aliphatic carbocycles. The molecule has 2 fully saturated rings. The van der Waals surface area contributed by atoms with Gasteiger partial charge in [0, 0.05) is 10.9 Å². The highest BCUT2D eigenvalue weighted by molar-refractivity contribution is 6.11. The van der Waals surface area contributed by atoms with Crippen molar-refractivity contribution in [3.05, 3.63) is 23.9 Å². The number of anilines is 1. The number of quaternary nitrogens is 1. The molecule has 1 aromatic carbocycles. The minimum absolute atomic E-state index is 0.163. The highest BCUT2D eigenvalue weighted by atomic mass is 16.7. The van der Waals surface area contributed by atoms with Crippen LogP contribution in [0.25, 0.3) is 10.9 Å². The zero-order valence-corrected chi connectivity index (χ0v) is 17.3. The average molecular weight is 418 g/mol. The number of carbonyl (C=O) groups is 2. The monoisotopic (exact) mass is 418 g/mol. The second kappa shape index (κ2) is 8.63. The first kappa shape index (κ1) is 20.6. The van der Waals surface area contributed by atoms with Gasteiger partial charge in [-0.25, -0.2) is 4.79 Å². The summed E-state index contributed by atoms with van der Waals surface area (Å²) in [4.78, 5) is 29.5. The normalized spacial score (nSPS) is 18.6. The van der Waals surface area contributed by atoms with Gasteiger partial charge in [0.15, 0.2) is 12.3 Å². The number of rotatable bonds is 6. The number of aromatic nitrogens is 1. The fourth-order valence-electron chi connectivity index (χ4n) is 4.14. The van der Waals surface area contributed by atoms with Crippen LogP contribution in [0.2, 0.25) is 0 Å². The second-order valence-corrected chi connectivity index (χ2v) is 7.59. The van der Waals surface area contributed by atoms with E-state index in [1.165, 1.54) is 0 Å². The van der Waals surface area contributed by atoms with Crippen molar-refractivity contribution in [1.29, 1.82) is 0 Å². The lowest BCUT2D eigenvalue weighted by Crippen LogP contribution is -3.14. The predicted octanol–water partition coefficient (Wildman–Crippen LogP) is 0.714. The number of amides is 1. The number of nitrogens with one attached hydrogen (secondary N) is 3. The van der Waals surface area contributed by atoms with Gasteiger partial charge in [0.2, 0.25) is 0 Å². The largest absolute Gasteiger partial charge is 0.497 e. The van der Waals surface area contributed by atoms with Crippen molar-refractivity contribution < 1.29 is 33.4 Å². The van der Waals surface area contributed by atoms with E-state index in [-0.39, 0.29) is 18.2 Å². The summed E-state index contributed by atoms with van der Waals surface area (Å²) in [6, 6.07) is 5.39. The number of H-pyrrole nitrogens is 1. The van der Waals surface area contributed by atoms with Crippen LogP contribution < -0.4 is 15.0 Å². The maximum atomic E-state index is 12.8. The molecule has 2 saturated heterocycles. The third kappa shape index (κ3) is 4.14. The molecular weight excluding hydrogens is 390 g/mol. The Hall–Kier alpha value is -2.62. The summed E-state index contributed by atoms with van der Waals surface area (Å²) in [6.45, 7) is 5.14. The van der Waals surface area contributed by atoms with Crippen LogP contribution in [0.4, 0.5) is 5.69 Å². The quantitative estimate of drug-likeness (QED) is 0.597. The number of ether oxygens (including phenoxy) is 4. The van der Waals surface area contributed by atoms with E-state index >= 15 is 0 Å². The van der Waals surface area contributed by atoms with E-state index in [0.29, 0.717) is 36.6 Å². The fraction of sp³-hybridized carbons (Fsp3) is 0.524. The first-order valence-electron chi connectivity index (χ1n) is 10.3. The van der Waals surface area contributed by atoms with Gasteiger partial charge in [0.1, 0.15) is 11.4 Å². The van der Waals surface area contributed by atoms with Crippen LogP contribution in [-0.4, -0.2) is 69.2 Å². The summed E-state index contributed by atoms with van der Waals surface area (Å²) in [5, 5.41) is 3.62. The van der Waals surface area contributed by atoms with Crippen molar-refractivity contribution in [2.75, 3.05) is 51.9 Å². The number of esters is 1. The van der Waals surface area contributed by atoms with Gasteiger partial charge < -0.3 is 34.1 Å². The summed E-state index contributed by atoms with van der Waals surface area (Å²) in [6.07, 6.45) is 1.54. The van der Waals surface area contributed by atoms with E-state index in [2.05, 4.69) is 10.3 Å². The first-order chi connectivity index (χ1) is 14.5. The predicted molar refractivity (Wildman–Crippen MR) is 109 cm³/mol. The fourth-order valence-corrected chi connectivity index (χ4v) is 4.14. The van der Waals surface area contributed by atoms with E-state index in [4.69, 9.17) is 18.9 Å². The summed E-state index contributed by atoms with van der Waals surface area (Å²) >= 11 is 0. The van der Waals surface area contributed by atoms with Crippen molar-refractivity contribution in [2.45, 2.75) is 25.6 Å². The third-order valence-corrected chi connectivity index (χ3v) is 5.69. The number of carbonyl (C=O) groups excluding carboxylic acids is 2. The van der Waals surface area contributed by atoms with E-state index in [1.54, 1.807) is 26.2 Å². The molecule has 3 heterocycles. The lowest BCUT2D eigenvalue weighted by atomic mass is 10.0. The Morgan fingerprint density at radius 2 is 1.97 bits per heavy atom. The molecule has 0 atom stereocenters. The topological polar surface area (TPSA) is 103 Å². The van der Waals surface area contributed by atoms with E-state index in [0.717, 1.165) is 36.3 Å². The minimum atomic E-state index is -0.509. The summed E-state index contributed by atoms with van der Waals surface area (Å²) in [7, 11) is 1.57. The van der Waals surface area contributed by atoms with Crippen LogP contribution in [0, 0.1) is 0 Å². The Labute approximate surface area is 174 Å². The summed E-state index contributed by atoms with van der Waals surface area (Å²) < 4.78 is 22.0. The Morgan fingerprint density at radius 3 is 2.63 bits per heavy atom. The molecule has 0 unspecified atom stereocenters. The molecule has 2 aliphatic heterocycles. The van der Waals surface area contributed by atoms with Gasteiger partial charge in [-0.1, -0.05) is 0 Å². The molecule has 30 heavy (non-hydrogen) atoms. The lowest BCUT2D eigenvalue weighted by molar-refractivity contribution is -0.900. The second-order valence-electron chi connectivity index (χ2n) is 7.59. The van der Waals surface area contributed by atoms with Crippen LogP contribution in [-0.2, 0) is 19.0 Å². The molecule has 1 amide bonds. The minimum Gasteiger partial charge on any atom is -0.497 e. The van der Waals surface area contributed by atoms with Crippen molar-refractivity contribution in [3.63, 3.8) is 0 Å². The van der Waals surface area contributed by atoms with Crippen LogP contribution in [0.15, 0.2) is 18.2 Å². The van der Waals surface area contributed by atoms with Gasteiger partial charge in [-0.3, -0.25) is 4.79 Å². The maximum absolute atomic E-state index is 12.8. The Kier molecular flexibility index (Phi) is 5.94. The number of methoxy groups -OCH3 is 1. The zero-order chi connectivity index (χ0) is 21.1. The molecule has 162 valence electrons. The molecule has 0 radical (unpaired) electrons. The number of likely N-dealkylation sites (tertiary alicyclic amines) is 1. The van der Waals surface area contributed by atoms with Crippen LogP contribution in [0.3, 0.4) is 0 Å². The third-order valence-electron chi connectivity index (χ3n) is 5.69. The molecule has 3 N–H and O–H groups in total. The number of aromatic amines is 1. The van der Waals surface area contributed by atoms with Gasteiger partial charge >= 0.3 is 5.97 Å². The summed E-state index contributed by atoms with van der Waals surface area (Å²) in [5.74, 6) is -0.491. The van der Waals surface area contributed by atoms with E-state index < -0.39 is 11.8 Å². The number of fused-ring (bicyclic) bond motifs is 1. The van der Waals surface area contributed by atoms with Gasteiger partial charge in [-0.2, -0.15) is 0 Å². The molecule has 1 aromatic heterocycles. The Balaban J connectivity index is 1.49. The van der Waals surface area contributed by atoms with Crippen molar-refractivity contribution in [3.8, 4) is 5.75 Å². The van der Waals surface area contributed by atoms with Gasteiger partial charge in [-0.05, 0) is 25.1 Å². The first-order valence-corrected chi connectivity index (χ1v) is 10.3. The van der Waals surface area contributed by atoms with Crippen molar-refractivity contribution >= 4 is 28.5 Å². The highest BCUT2D eigenvalue weighted by Crippen LogP contribution is 2.31. The zero-order valence-electron chi connectivity index (χ0n) is 17.3. The van der Waals surface area contributed by atoms with Crippen LogP contribution >= 0.6 is 0 Å². The molecule has 1 spiro atoms. The summed E-state index contributed by atoms with van der Waals surface area (Å²) in [5.41, 5.74) is 1.37. The molecule has 2 aliphatic rings. The number of hydrogen-bond donors (Lipinski definition) is 3. The number of hydrogen-bond acceptors (Lipinski definition) is 6. The van der Waals surface area contributed by atoms with Crippen molar-refractivity contribution in [1.82, 2.24) is 4.98 Å². The molecule has 2 aromatic rings. The lowest BCUT2D eigenvalue weighted by Gasteiger charge is -2.34.